The molecule has 110 valence electrons. The Labute approximate surface area is 125 Å². The molecule has 3 rings (SSSR count). The Balaban J connectivity index is 2.14. The molecule has 0 fully saturated rings. The standard InChI is InChI=1S/C16H13N3O3/c1-19(10-5-4-8-17-9-10)16(22)13-14(20)11-6-2-3-7-12(11)18-15(13)21/h2-9H,1H3,(H2,18,20,21). The van der Waals surface area contributed by atoms with E-state index in [1.807, 2.05) is 0 Å². The zero-order valence-electron chi connectivity index (χ0n) is 11.8. The number of rotatable bonds is 2. The molecule has 6 heteroatoms. The van der Waals surface area contributed by atoms with Gasteiger partial charge in [-0.15, -0.1) is 0 Å². The number of nitrogens with zero attached hydrogens (tertiary/aromatic N) is 2. The second-order valence-corrected chi connectivity index (χ2v) is 4.80. The minimum Gasteiger partial charge on any atom is -0.506 e. The maximum atomic E-state index is 12.5. The maximum absolute atomic E-state index is 12.5. The quantitative estimate of drug-likeness (QED) is 0.756. The lowest BCUT2D eigenvalue weighted by Crippen LogP contribution is -2.31. The molecule has 2 aromatic heterocycles. The van der Waals surface area contributed by atoms with Crippen LogP contribution in [0.4, 0.5) is 5.69 Å². The molecule has 6 nitrogen and oxygen atoms in total. The Kier molecular flexibility index (Phi) is 3.34. The van der Waals surface area contributed by atoms with Gasteiger partial charge in [-0.2, -0.15) is 0 Å². The van der Waals surface area contributed by atoms with Gasteiger partial charge in [0.25, 0.3) is 11.5 Å². The number of benzene rings is 1. The Hall–Kier alpha value is -3.15. The fourth-order valence-corrected chi connectivity index (χ4v) is 2.26. The zero-order valence-corrected chi connectivity index (χ0v) is 11.8. The SMILES string of the molecule is CN(C(=O)c1c(O)c2ccccc2[nH]c1=O)c1cccnc1. The molecule has 1 amide bonds. The van der Waals surface area contributed by atoms with Crippen LogP contribution in [0.15, 0.2) is 53.6 Å². The van der Waals surface area contributed by atoms with E-state index in [9.17, 15) is 14.7 Å². The van der Waals surface area contributed by atoms with Crippen LogP contribution >= 0.6 is 0 Å². The Morgan fingerprint density at radius 2 is 2.00 bits per heavy atom. The molecule has 0 radical (unpaired) electrons. The van der Waals surface area contributed by atoms with Gasteiger partial charge in [-0.1, -0.05) is 12.1 Å². The summed E-state index contributed by atoms with van der Waals surface area (Å²) in [6.07, 6.45) is 3.09. The summed E-state index contributed by atoms with van der Waals surface area (Å²) in [7, 11) is 1.52. The molecule has 0 bridgehead atoms. The number of hydrogen-bond acceptors (Lipinski definition) is 4. The third-order valence-electron chi connectivity index (χ3n) is 3.45. The van der Waals surface area contributed by atoms with Crippen molar-refractivity contribution in [2.75, 3.05) is 11.9 Å². The van der Waals surface area contributed by atoms with Crippen molar-refractivity contribution < 1.29 is 9.90 Å². The predicted octanol–water partition coefficient (Wildman–Crippen LogP) is 1.91. The van der Waals surface area contributed by atoms with Gasteiger partial charge in [-0.25, -0.2) is 0 Å². The fourth-order valence-electron chi connectivity index (χ4n) is 2.26. The predicted molar refractivity (Wildman–Crippen MR) is 83.2 cm³/mol. The Morgan fingerprint density at radius 3 is 2.73 bits per heavy atom. The molecule has 0 aliphatic heterocycles. The van der Waals surface area contributed by atoms with Gasteiger partial charge in [0.1, 0.15) is 11.3 Å². The van der Waals surface area contributed by atoms with Crippen LogP contribution in [-0.2, 0) is 0 Å². The highest BCUT2D eigenvalue weighted by Crippen LogP contribution is 2.26. The second kappa shape index (κ2) is 5.33. The molecule has 2 heterocycles. The molecule has 0 saturated heterocycles. The molecule has 22 heavy (non-hydrogen) atoms. The number of para-hydroxylation sites is 1. The van der Waals surface area contributed by atoms with Gasteiger partial charge in [0.15, 0.2) is 0 Å². The van der Waals surface area contributed by atoms with E-state index in [2.05, 4.69) is 9.97 Å². The molecule has 0 aliphatic carbocycles. The van der Waals surface area contributed by atoms with Crippen LogP contribution in [-0.4, -0.2) is 28.0 Å². The van der Waals surface area contributed by atoms with Gasteiger partial charge in [-0.05, 0) is 24.3 Å². The van der Waals surface area contributed by atoms with Crippen LogP contribution in [0.2, 0.25) is 0 Å². The van der Waals surface area contributed by atoms with Crippen molar-refractivity contribution >= 4 is 22.5 Å². The topological polar surface area (TPSA) is 86.3 Å². The van der Waals surface area contributed by atoms with Crippen LogP contribution in [0.3, 0.4) is 0 Å². The van der Waals surface area contributed by atoms with Crippen LogP contribution in [0.5, 0.6) is 5.75 Å². The van der Waals surface area contributed by atoms with Gasteiger partial charge in [-0.3, -0.25) is 14.6 Å². The highest BCUT2D eigenvalue weighted by atomic mass is 16.3. The molecular weight excluding hydrogens is 282 g/mol. The molecule has 0 spiro atoms. The van der Waals surface area contributed by atoms with E-state index in [1.165, 1.54) is 18.1 Å². The monoisotopic (exact) mass is 295 g/mol. The smallest absolute Gasteiger partial charge is 0.267 e. The van der Waals surface area contributed by atoms with Gasteiger partial charge in [0, 0.05) is 18.6 Å². The number of aromatic amines is 1. The average molecular weight is 295 g/mol. The van der Waals surface area contributed by atoms with Crippen molar-refractivity contribution in [2.45, 2.75) is 0 Å². The number of nitrogens with one attached hydrogen (secondary N) is 1. The minimum atomic E-state index is -0.628. The number of fused-ring (bicyclic) bond motifs is 1. The summed E-state index contributed by atoms with van der Waals surface area (Å²) in [5, 5.41) is 10.7. The Morgan fingerprint density at radius 1 is 1.23 bits per heavy atom. The lowest BCUT2D eigenvalue weighted by atomic mass is 10.1. The third kappa shape index (κ3) is 2.20. The summed E-state index contributed by atoms with van der Waals surface area (Å²) in [6, 6.07) is 10.1. The lowest BCUT2D eigenvalue weighted by Gasteiger charge is -2.17. The largest absolute Gasteiger partial charge is 0.506 e. The van der Waals surface area contributed by atoms with Gasteiger partial charge in [0.2, 0.25) is 0 Å². The summed E-state index contributed by atoms with van der Waals surface area (Å²) in [4.78, 5) is 32.5. The number of carbonyl (C=O) groups excluding carboxylic acids is 1. The van der Waals surface area contributed by atoms with Crippen LogP contribution in [0, 0.1) is 0 Å². The summed E-state index contributed by atoms with van der Waals surface area (Å²) in [5.41, 5.74) is 0.0898. The van der Waals surface area contributed by atoms with Crippen LogP contribution in [0.1, 0.15) is 10.4 Å². The first-order chi connectivity index (χ1) is 10.6. The number of aromatic hydroxyl groups is 1. The molecule has 0 saturated carbocycles. The van der Waals surface area contributed by atoms with Crippen molar-refractivity contribution in [3.8, 4) is 5.75 Å². The number of hydrogen-bond donors (Lipinski definition) is 2. The second-order valence-electron chi connectivity index (χ2n) is 4.80. The summed E-state index contributed by atoms with van der Waals surface area (Å²) < 4.78 is 0. The van der Waals surface area contributed by atoms with Crippen LogP contribution < -0.4 is 10.5 Å². The van der Waals surface area contributed by atoms with Gasteiger partial charge in [0.05, 0.1) is 17.4 Å². The summed E-state index contributed by atoms with van der Waals surface area (Å²) in [6.45, 7) is 0. The van der Waals surface area contributed by atoms with Gasteiger partial charge >= 0.3 is 0 Å². The fraction of sp³-hybridized carbons (Fsp3) is 0.0625. The first-order valence-corrected chi connectivity index (χ1v) is 6.61. The third-order valence-corrected chi connectivity index (χ3v) is 3.45. The Bertz CT molecular complexity index is 903. The number of amides is 1. The van der Waals surface area contributed by atoms with E-state index >= 15 is 0 Å². The van der Waals surface area contributed by atoms with Crippen molar-refractivity contribution in [3.05, 3.63) is 64.7 Å². The van der Waals surface area contributed by atoms with Gasteiger partial charge < -0.3 is 15.0 Å². The normalized spacial score (nSPS) is 10.6. The highest BCUT2D eigenvalue weighted by molar-refractivity contribution is 6.09. The number of anilines is 1. The minimum absolute atomic E-state index is 0.287. The molecular formula is C16H13N3O3. The number of pyridine rings is 2. The molecule has 3 aromatic rings. The van der Waals surface area contributed by atoms with E-state index in [4.69, 9.17) is 0 Å². The van der Waals surface area contributed by atoms with Crippen molar-refractivity contribution in [1.82, 2.24) is 9.97 Å². The first-order valence-electron chi connectivity index (χ1n) is 6.61. The summed E-state index contributed by atoms with van der Waals surface area (Å²) >= 11 is 0. The van der Waals surface area contributed by atoms with Crippen molar-refractivity contribution in [1.29, 1.82) is 0 Å². The first kappa shape index (κ1) is 13.8. The molecule has 2 N–H and O–H groups in total. The van der Waals surface area contributed by atoms with E-state index in [0.29, 0.717) is 16.6 Å². The molecule has 0 aliphatic rings. The number of carbonyl (C=O) groups is 1. The van der Waals surface area contributed by atoms with E-state index < -0.39 is 11.5 Å². The lowest BCUT2D eigenvalue weighted by molar-refractivity contribution is 0.0989. The van der Waals surface area contributed by atoms with E-state index in [-0.39, 0.29) is 11.3 Å². The van der Waals surface area contributed by atoms with Crippen molar-refractivity contribution in [2.24, 2.45) is 0 Å². The highest BCUT2D eigenvalue weighted by Gasteiger charge is 2.23. The zero-order chi connectivity index (χ0) is 15.7. The molecule has 1 aromatic carbocycles. The maximum Gasteiger partial charge on any atom is 0.267 e. The van der Waals surface area contributed by atoms with E-state index in [0.717, 1.165) is 0 Å². The average Bonchev–Trinajstić information content (AvgIpc) is 2.55. The number of H-pyrrole nitrogens is 1. The van der Waals surface area contributed by atoms with Crippen LogP contribution in [0.25, 0.3) is 10.9 Å². The summed E-state index contributed by atoms with van der Waals surface area (Å²) in [5.74, 6) is -0.919. The van der Waals surface area contributed by atoms with E-state index in [1.54, 1.807) is 42.6 Å². The molecule has 0 unspecified atom stereocenters. The van der Waals surface area contributed by atoms with Crippen molar-refractivity contribution in [3.63, 3.8) is 0 Å². The molecule has 0 atom stereocenters. The number of aromatic nitrogens is 2.